The predicted octanol–water partition coefficient (Wildman–Crippen LogP) is -8.28. The lowest BCUT2D eigenvalue weighted by atomic mass is 9.92. The number of rotatable bonds is 13. The van der Waals surface area contributed by atoms with Crippen molar-refractivity contribution >= 4 is 17.7 Å². The van der Waals surface area contributed by atoms with Gasteiger partial charge in [-0.3, -0.25) is 14.4 Å². The molecule has 4 fully saturated rings. The first-order valence-electron chi connectivity index (χ1n) is 17.5. The van der Waals surface area contributed by atoms with Crippen LogP contribution in [0, 0.1) is 0 Å². The van der Waals surface area contributed by atoms with Crippen LogP contribution in [0.15, 0.2) is 0 Å². The Morgan fingerprint density at radius 2 is 0.852 bits per heavy atom. The normalized spacial score (nSPS) is 45.7. The average Bonchev–Trinajstić information content (AvgIpc) is 3.12. The molecule has 54 heavy (non-hydrogen) atoms. The molecule has 0 aromatic carbocycles. The Hall–Kier alpha value is -2.27. The summed E-state index contributed by atoms with van der Waals surface area (Å²) in [5.41, 5.74) is 5.99. The number of amides is 3. The fourth-order valence-corrected chi connectivity index (χ4v) is 7.06. The van der Waals surface area contributed by atoms with Crippen molar-refractivity contribution in [3.05, 3.63) is 0 Å². The van der Waals surface area contributed by atoms with Gasteiger partial charge in [0.2, 0.25) is 17.7 Å². The van der Waals surface area contributed by atoms with Crippen LogP contribution in [0.3, 0.4) is 0 Å². The van der Waals surface area contributed by atoms with Gasteiger partial charge < -0.3 is 101 Å². The third kappa shape index (κ3) is 9.81. The minimum atomic E-state index is -1.82. The van der Waals surface area contributed by atoms with E-state index in [4.69, 9.17) is 38.9 Å². The number of carbonyl (C=O) groups excluding carboxylic acids is 3. The Bertz CT molecular complexity index is 1250. The average molecular weight is 787 g/mol. The number of aliphatic hydroxyl groups is 9. The quantitative estimate of drug-likeness (QED) is 0.0824. The minimum absolute atomic E-state index is 0.495. The number of hydrogen-bond acceptors (Lipinski definition) is 20. The molecule has 4 aliphatic heterocycles. The van der Waals surface area contributed by atoms with E-state index >= 15 is 0 Å². The molecule has 23 heteroatoms. The Balaban J connectivity index is 1.59. The van der Waals surface area contributed by atoms with E-state index in [1.54, 1.807) is 6.92 Å². The predicted molar refractivity (Wildman–Crippen MR) is 174 cm³/mol. The Morgan fingerprint density at radius 3 is 1.24 bits per heavy atom. The van der Waals surface area contributed by atoms with Gasteiger partial charge in [0.1, 0.15) is 85.3 Å². The molecule has 4 aliphatic rings. The number of hydrogen-bond donors (Lipinski definition) is 13. The first-order valence-corrected chi connectivity index (χ1v) is 17.5. The number of nitrogens with two attached hydrogens (primary N) is 1. The van der Waals surface area contributed by atoms with Crippen LogP contribution in [-0.2, 0) is 47.5 Å². The topological polar surface area (TPSA) is 360 Å². The molecule has 20 atom stereocenters. The van der Waals surface area contributed by atoms with Gasteiger partial charge >= 0.3 is 0 Å². The molecule has 0 bridgehead atoms. The molecule has 0 spiro atoms. The summed E-state index contributed by atoms with van der Waals surface area (Å²) >= 11 is 0. The van der Waals surface area contributed by atoms with Crippen molar-refractivity contribution in [2.75, 3.05) is 26.4 Å². The van der Waals surface area contributed by atoms with Crippen LogP contribution in [-0.4, -0.2) is 212 Å². The maximum Gasteiger partial charge on any atom is 0.217 e. The molecule has 3 amide bonds. The van der Waals surface area contributed by atoms with E-state index in [0.717, 1.165) is 13.8 Å². The third-order valence-corrected chi connectivity index (χ3v) is 9.76. The zero-order chi connectivity index (χ0) is 40.2. The standard InChI is InChI=1S/C31H54N4O19/c1-9-18(33-10(2)40)23(45)26(14(6-37)48-9)53-30-20(35-12(4)42)25(47)28(16(8-39)51-30)54-31-19(34-11(3)41)24(46)27(15(7-38)50-31)52-29-17(32)22(44)21(43)13(5-36)49-29/h9,13-31,36-39,43-47H,5-8,32H2,1-4H3,(H,33,40)(H,34,41)(H,35,42)/t9-,13+,14+,15+,16+,17+,18-,19+,20+,21+,22+,23?,24?,25+,26+,27+,28+,29-,30-,31-/m0/s1. The van der Waals surface area contributed by atoms with Crippen LogP contribution >= 0.6 is 0 Å². The summed E-state index contributed by atoms with van der Waals surface area (Å²) in [5.74, 6) is -1.89. The summed E-state index contributed by atoms with van der Waals surface area (Å²) in [6.45, 7) is 1.90. The number of ether oxygens (including phenoxy) is 7. The van der Waals surface area contributed by atoms with Gasteiger partial charge in [-0.25, -0.2) is 0 Å². The van der Waals surface area contributed by atoms with Crippen molar-refractivity contribution in [2.45, 2.75) is 150 Å². The van der Waals surface area contributed by atoms with Crippen molar-refractivity contribution in [3.63, 3.8) is 0 Å². The molecule has 312 valence electrons. The number of aliphatic hydroxyl groups excluding tert-OH is 9. The van der Waals surface area contributed by atoms with E-state index in [0.29, 0.717) is 0 Å². The number of nitrogens with one attached hydrogen (secondary N) is 3. The Morgan fingerprint density at radius 1 is 0.519 bits per heavy atom. The zero-order valence-electron chi connectivity index (χ0n) is 30.1. The van der Waals surface area contributed by atoms with Crippen LogP contribution in [0.25, 0.3) is 0 Å². The molecule has 23 nitrogen and oxygen atoms in total. The van der Waals surface area contributed by atoms with Gasteiger partial charge in [0.15, 0.2) is 18.9 Å². The summed E-state index contributed by atoms with van der Waals surface area (Å²) in [6, 6.07) is -5.46. The fourth-order valence-electron chi connectivity index (χ4n) is 7.06. The molecule has 4 saturated heterocycles. The summed E-state index contributed by atoms with van der Waals surface area (Å²) in [4.78, 5) is 36.5. The molecule has 0 aromatic heterocycles. The van der Waals surface area contributed by atoms with Gasteiger partial charge in [-0.1, -0.05) is 0 Å². The van der Waals surface area contributed by atoms with E-state index in [-0.39, 0.29) is 0 Å². The Labute approximate surface area is 309 Å². The molecular weight excluding hydrogens is 732 g/mol. The van der Waals surface area contributed by atoms with E-state index < -0.39 is 167 Å². The molecule has 0 radical (unpaired) electrons. The van der Waals surface area contributed by atoms with E-state index in [2.05, 4.69) is 16.0 Å². The van der Waals surface area contributed by atoms with E-state index in [9.17, 15) is 60.3 Å². The fraction of sp³-hybridized carbons (Fsp3) is 0.903. The maximum absolute atomic E-state index is 12.3. The van der Waals surface area contributed by atoms with Crippen LogP contribution in [0.2, 0.25) is 0 Å². The zero-order valence-corrected chi connectivity index (χ0v) is 30.1. The van der Waals surface area contributed by atoms with Crippen LogP contribution in [0.4, 0.5) is 0 Å². The van der Waals surface area contributed by atoms with Gasteiger partial charge in [-0.15, -0.1) is 0 Å². The van der Waals surface area contributed by atoms with Crippen LogP contribution < -0.4 is 21.7 Å². The van der Waals surface area contributed by atoms with Gasteiger partial charge in [0.25, 0.3) is 0 Å². The molecule has 4 heterocycles. The van der Waals surface area contributed by atoms with Crippen molar-refractivity contribution in [2.24, 2.45) is 5.73 Å². The lowest BCUT2D eigenvalue weighted by Crippen LogP contribution is -2.71. The van der Waals surface area contributed by atoms with E-state index in [1.165, 1.54) is 6.92 Å². The van der Waals surface area contributed by atoms with Crippen LogP contribution in [0.5, 0.6) is 0 Å². The van der Waals surface area contributed by atoms with Gasteiger partial charge in [0, 0.05) is 20.8 Å². The summed E-state index contributed by atoms with van der Waals surface area (Å²) in [5, 5.41) is 103. The largest absolute Gasteiger partial charge is 0.394 e. The van der Waals surface area contributed by atoms with Crippen molar-refractivity contribution in [1.29, 1.82) is 0 Å². The molecule has 0 aromatic rings. The first-order chi connectivity index (χ1) is 25.5. The van der Waals surface area contributed by atoms with Crippen molar-refractivity contribution < 1.29 is 93.5 Å². The SMILES string of the molecule is CC(=O)N[C@H]1[C@H](O[C@H]2C(O)[C@@H](NC(C)=O)[C@H](C)O[C@@H]2CO)O[C@H](CO)[C@@H](O[C@@H]2O[C@H](CO)[C@@H](O[C@@H]3O[C@H](CO)[C@@H](O)[C@H](O)[C@H]3N)C(O)[C@H]2NC(C)=O)[C@@H]1O. The lowest BCUT2D eigenvalue weighted by Gasteiger charge is -2.50. The van der Waals surface area contributed by atoms with Gasteiger partial charge in [-0.2, -0.15) is 0 Å². The molecule has 2 unspecified atom stereocenters. The number of carbonyl (C=O) groups is 3. The molecule has 14 N–H and O–H groups in total. The second-order valence-electron chi connectivity index (χ2n) is 13.8. The second kappa shape index (κ2) is 19.3. The van der Waals surface area contributed by atoms with Crippen molar-refractivity contribution in [1.82, 2.24) is 16.0 Å². The van der Waals surface area contributed by atoms with Gasteiger partial charge in [-0.05, 0) is 6.92 Å². The summed E-state index contributed by atoms with van der Waals surface area (Å²) < 4.78 is 41.0. The summed E-state index contributed by atoms with van der Waals surface area (Å²) in [6.07, 6.45) is -24.1. The monoisotopic (exact) mass is 786 g/mol. The molecule has 4 rings (SSSR count). The van der Waals surface area contributed by atoms with Crippen LogP contribution in [0.1, 0.15) is 27.7 Å². The van der Waals surface area contributed by atoms with Gasteiger partial charge in [0.05, 0.1) is 44.6 Å². The highest BCUT2D eigenvalue weighted by molar-refractivity contribution is 5.74. The summed E-state index contributed by atoms with van der Waals surface area (Å²) in [7, 11) is 0. The lowest BCUT2D eigenvalue weighted by molar-refractivity contribution is -0.358. The van der Waals surface area contributed by atoms with E-state index in [1.807, 2.05) is 0 Å². The highest BCUT2D eigenvalue weighted by Crippen LogP contribution is 2.34. The smallest absolute Gasteiger partial charge is 0.217 e. The molecule has 0 saturated carbocycles. The third-order valence-electron chi connectivity index (χ3n) is 9.76. The highest BCUT2D eigenvalue weighted by atomic mass is 16.8. The molecule has 0 aliphatic carbocycles. The Kier molecular flexibility index (Phi) is 15.8. The molecular formula is C31H54N4O19. The maximum atomic E-state index is 12.3. The highest BCUT2D eigenvalue weighted by Gasteiger charge is 2.55. The first kappa shape index (κ1) is 44.4. The minimum Gasteiger partial charge on any atom is -0.394 e. The van der Waals surface area contributed by atoms with Crippen molar-refractivity contribution in [3.8, 4) is 0 Å². The second-order valence-corrected chi connectivity index (χ2v) is 13.8.